The number of rotatable bonds is 2. The van der Waals surface area contributed by atoms with Gasteiger partial charge in [-0.05, 0) is 19.4 Å². The van der Waals surface area contributed by atoms with Gasteiger partial charge >= 0.3 is 0 Å². The Morgan fingerprint density at radius 2 is 2.40 bits per heavy atom. The summed E-state index contributed by atoms with van der Waals surface area (Å²) in [5.41, 5.74) is 9.00. The molecule has 2 aromatic rings. The maximum Gasteiger partial charge on any atom is 0.178 e. The molecule has 1 fully saturated rings. The maximum atomic E-state index is 6.08. The van der Waals surface area contributed by atoms with Crippen molar-refractivity contribution in [2.45, 2.75) is 18.9 Å². The van der Waals surface area contributed by atoms with Crippen molar-refractivity contribution in [2.75, 3.05) is 25.9 Å². The third-order valence-corrected chi connectivity index (χ3v) is 3.58. The first-order valence-corrected chi connectivity index (χ1v) is 6.81. The van der Waals surface area contributed by atoms with Crippen LogP contribution in [0.2, 0.25) is 0 Å². The van der Waals surface area contributed by atoms with E-state index in [2.05, 4.69) is 30.6 Å². The van der Waals surface area contributed by atoms with Gasteiger partial charge in [-0.15, -0.1) is 0 Å². The molecule has 0 saturated carbocycles. The summed E-state index contributed by atoms with van der Waals surface area (Å²) in [5, 5.41) is 6.86. The van der Waals surface area contributed by atoms with Crippen LogP contribution in [0.1, 0.15) is 18.4 Å². The van der Waals surface area contributed by atoms with Crippen LogP contribution in [-0.2, 0) is 0 Å². The Bertz CT molecular complexity index is 625. The van der Waals surface area contributed by atoms with E-state index in [9.17, 15) is 0 Å². The first-order valence-electron chi connectivity index (χ1n) is 6.81. The molecular weight excluding hydrogens is 254 g/mol. The van der Waals surface area contributed by atoms with Gasteiger partial charge in [0.1, 0.15) is 5.84 Å². The number of H-pyrrole nitrogens is 1. The van der Waals surface area contributed by atoms with Gasteiger partial charge in [-0.1, -0.05) is 0 Å². The lowest BCUT2D eigenvalue weighted by Gasteiger charge is -2.25. The molecule has 0 spiro atoms. The van der Waals surface area contributed by atoms with Crippen LogP contribution in [-0.4, -0.2) is 47.0 Å². The molecule has 1 aliphatic rings. The molecule has 2 aromatic heterocycles. The minimum absolute atomic E-state index is 0.369. The number of hydrogen-bond acceptors (Lipinski definition) is 5. The molecule has 0 aromatic carbocycles. The van der Waals surface area contributed by atoms with E-state index in [0.29, 0.717) is 17.4 Å². The summed E-state index contributed by atoms with van der Waals surface area (Å²) in [7, 11) is 1.76. The highest BCUT2D eigenvalue weighted by Gasteiger charge is 2.19. The largest absolute Gasteiger partial charge is 0.397 e. The fraction of sp³-hybridized carbons (Fsp3) is 0.462. The highest BCUT2D eigenvalue weighted by atomic mass is 15.1. The lowest BCUT2D eigenvalue weighted by Crippen LogP contribution is -2.46. The van der Waals surface area contributed by atoms with Crippen molar-refractivity contribution in [1.29, 1.82) is 0 Å². The zero-order valence-electron chi connectivity index (χ0n) is 11.5. The van der Waals surface area contributed by atoms with Gasteiger partial charge in [-0.2, -0.15) is 0 Å². The molecule has 1 aliphatic heterocycles. The number of aromatic nitrogens is 3. The molecular formula is C13H19N7. The number of anilines is 1. The Balaban J connectivity index is 1.94. The summed E-state index contributed by atoms with van der Waals surface area (Å²) in [4.78, 5) is 15.8. The van der Waals surface area contributed by atoms with Crippen LogP contribution < -0.4 is 16.4 Å². The van der Waals surface area contributed by atoms with Crippen LogP contribution in [0.15, 0.2) is 17.5 Å². The number of hydrogen-bond donors (Lipinski definition) is 4. The molecule has 5 N–H and O–H groups in total. The minimum Gasteiger partial charge on any atom is -0.397 e. The molecule has 1 unspecified atom stereocenters. The lowest BCUT2D eigenvalue weighted by molar-refractivity contribution is 0.431. The van der Waals surface area contributed by atoms with Crippen molar-refractivity contribution in [3.05, 3.63) is 18.1 Å². The van der Waals surface area contributed by atoms with Crippen LogP contribution in [0.25, 0.3) is 11.2 Å². The Labute approximate surface area is 117 Å². The maximum absolute atomic E-state index is 6.08. The number of nitrogens with zero attached hydrogens (tertiary/aromatic N) is 3. The topological polar surface area (TPSA) is 104 Å². The molecule has 0 aliphatic carbocycles. The van der Waals surface area contributed by atoms with Gasteiger partial charge in [0.25, 0.3) is 0 Å². The van der Waals surface area contributed by atoms with E-state index < -0.39 is 0 Å². The van der Waals surface area contributed by atoms with Crippen molar-refractivity contribution in [3.63, 3.8) is 0 Å². The number of aromatic amines is 1. The molecule has 20 heavy (non-hydrogen) atoms. The molecule has 0 radical (unpaired) electrons. The fourth-order valence-electron chi connectivity index (χ4n) is 2.58. The van der Waals surface area contributed by atoms with E-state index in [-0.39, 0.29) is 0 Å². The van der Waals surface area contributed by atoms with Crippen molar-refractivity contribution < 1.29 is 0 Å². The summed E-state index contributed by atoms with van der Waals surface area (Å²) < 4.78 is 0. The van der Waals surface area contributed by atoms with Crippen molar-refractivity contribution >= 4 is 22.7 Å². The van der Waals surface area contributed by atoms with E-state index in [0.717, 1.165) is 36.4 Å². The molecule has 0 amide bonds. The van der Waals surface area contributed by atoms with Crippen LogP contribution in [0.3, 0.4) is 0 Å². The molecule has 106 valence electrons. The molecule has 3 rings (SSSR count). The average molecular weight is 273 g/mol. The van der Waals surface area contributed by atoms with Gasteiger partial charge in [-0.25, -0.2) is 9.97 Å². The molecule has 7 nitrogen and oxygen atoms in total. The number of piperidine rings is 1. The first kappa shape index (κ1) is 12.9. The third kappa shape index (κ3) is 2.32. The minimum atomic E-state index is 0.369. The highest BCUT2D eigenvalue weighted by Crippen LogP contribution is 2.20. The van der Waals surface area contributed by atoms with Gasteiger partial charge in [-0.3, -0.25) is 4.99 Å². The first-order chi connectivity index (χ1) is 9.79. The molecule has 1 atom stereocenters. The molecule has 7 heteroatoms. The Hall–Kier alpha value is -2.15. The van der Waals surface area contributed by atoms with Crippen molar-refractivity contribution in [2.24, 2.45) is 4.99 Å². The molecule has 0 bridgehead atoms. The van der Waals surface area contributed by atoms with Crippen LogP contribution >= 0.6 is 0 Å². The zero-order valence-corrected chi connectivity index (χ0v) is 11.5. The number of imidazole rings is 1. The molecule has 1 saturated heterocycles. The second-order valence-corrected chi connectivity index (χ2v) is 4.95. The quantitative estimate of drug-likeness (QED) is 0.464. The van der Waals surface area contributed by atoms with Crippen LogP contribution in [0, 0.1) is 0 Å². The summed E-state index contributed by atoms with van der Waals surface area (Å²) in [5.74, 6) is 0.785. The third-order valence-electron chi connectivity index (χ3n) is 3.58. The summed E-state index contributed by atoms with van der Waals surface area (Å²) in [6.07, 6.45) is 5.55. The smallest absolute Gasteiger partial charge is 0.178 e. The number of nitrogens with two attached hydrogens (primary N) is 1. The molecule has 3 heterocycles. The fourth-order valence-corrected chi connectivity index (χ4v) is 2.58. The van der Waals surface area contributed by atoms with Gasteiger partial charge in [0.05, 0.1) is 29.3 Å². The predicted molar refractivity (Wildman–Crippen MR) is 79.8 cm³/mol. The summed E-state index contributed by atoms with van der Waals surface area (Å²) in [6, 6.07) is 0.369. The van der Waals surface area contributed by atoms with Gasteiger partial charge in [0.2, 0.25) is 0 Å². The second-order valence-electron chi connectivity index (χ2n) is 4.95. The van der Waals surface area contributed by atoms with Gasteiger partial charge in [0.15, 0.2) is 5.65 Å². The highest BCUT2D eigenvalue weighted by molar-refractivity contribution is 6.11. The summed E-state index contributed by atoms with van der Waals surface area (Å²) >= 11 is 0. The van der Waals surface area contributed by atoms with Gasteiger partial charge in [0, 0.05) is 19.6 Å². The zero-order chi connectivity index (χ0) is 13.9. The summed E-state index contributed by atoms with van der Waals surface area (Å²) in [6.45, 7) is 2.02. The number of pyridine rings is 1. The average Bonchev–Trinajstić information content (AvgIpc) is 2.95. The number of nitrogens with one attached hydrogen (secondary N) is 3. The van der Waals surface area contributed by atoms with Crippen molar-refractivity contribution in [1.82, 2.24) is 25.6 Å². The van der Waals surface area contributed by atoms with E-state index in [1.807, 2.05) is 0 Å². The SMILES string of the molecule is CN=C(NC1CCCNC1)c1c(N)cnc2nc[nH]c12. The Kier molecular flexibility index (Phi) is 3.51. The standard InChI is InChI=1S/C13H19N7/c1-15-12(20-8-3-2-4-16-5-8)10-9(14)6-17-13-11(10)18-7-19-13/h6-8,16H,2-5,14H2,1H3,(H,15,20)(H,17,18,19). The number of fused-ring (bicyclic) bond motifs is 1. The number of amidine groups is 1. The Morgan fingerprint density at radius 3 is 3.15 bits per heavy atom. The van der Waals surface area contributed by atoms with Crippen LogP contribution in [0.4, 0.5) is 5.69 Å². The van der Waals surface area contributed by atoms with E-state index >= 15 is 0 Å². The van der Waals surface area contributed by atoms with E-state index in [1.165, 1.54) is 6.42 Å². The van der Waals surface area contributed by atoms with Crippen molar-refractivity contribution in [3.8, 4) is 0 Å². The van der Waals surface area contributed by atoms with Crippen LogP contribution in [0.5, 0.6) is 0 Å². The van der Waals surface area contributed by atoms with E-state index in [4.69, 9.17) is 5.73 Å². The lowest BCUT2D eigenvalue weighted by atomic mass is 10.1. The monoisotopic (exact) mass is 273 g/mol. The van der Waals surface area contributed by atoms with E-state index in [1.54, 1.807) is 19.6 Å². The second kappa shape index (κ2) is 5.46. The Morgan fingerprint density at radius 1 is 1.50 bits per heavy atom. The van der Waals surface area contributed by atoms with Gasteiger partial charge < -0.3 is 21.4 Å². The number of aliphatic imine (C=N–C) groups is 1. The number of nitrogen functional groups attached to an aromatic ring is 1. The predicted octanol–water partition coefficient (Wildman–Crippen LogP) is 0.258. The normalized spacial score (nSPS) is 20.2.